The number of carbonyl (C=O) groups is 1. The number of piperidine rings is 1. The van der Waals surface area contributed by atoms with Crippen molar-refractivity contribution >= 4 is 16.8 Å². The van der Waals surface area contributed by atoms with Crippen molar-refractivity contribution in [3.05, 3.63) is 59.3 Å². The minimum atomic E-state index is -0.0514. The Kier molecular flexibility index (Phi) is 8.19. The number of para-hydroxylation sites is 1. The van der Waals surface area contributed by atoms with E-state index in [9.17, 15) is 4.79 Å². The van der Waals surface area contributed by atoms with E-state index in [1.165, 1.54) is 69.9 Å². The second-order valence-corrected chi connectivity index (χ2v) is 11.0. The number of ether oxygens (including phenoxy) is 2. The molecule has 1 aliphatic carbocycles. The quantitative estimate of drug-likeness (QED) is 0.332. The molecule has 0 radical (unpaired) electrons. The Morgan fingerprint density at radius 1 is 0.946 bits per heavy atom. The lowest BCUT2D eigenvalue weighted by Crippen LogP contribution is -2.42. The highest BCUT2D eigenvalue weighted by Crippen LogP contribution is 2.34. The van der Waals surface area contributed by atoms with E-state index in [2.05, 4.69) is 17.9 Å². The number of carbonyl (C=O) groups excluding carboxylic acids is 1. The third kappa shape index (κ3) is 5.43. The van der Waals surface area contributed by atoms with Gasteiger partial charge in [-0.2, -0.15) is 0 Å². The highest BCUT2D eigenvalue weighted by atomic mass is 16.5. The SMILES string of the molecule is COc1ccc2c(c1)c(CCN1CCCCC1CC1CCCCC1)c(C)n2C(=O)c1ccccc1OC. The Hall–Kier alpha value is -2.79. The fourth-order valence-electron chi connectivity index (χ4n) is 6.79. The van der Waals surface area contributed by atoms with Crippen LogP contribution in [0, 0.1) is 12.8 Å². The highest BCUT2D eigenvalue weighted by molar-refractivity contribution is 6.05. The second-order valence-electron chi connectivity index (χ2n) is 11.0. The number of nitrogens with zero attached hydrogens (tertiary/aromatic N) is 2. The summed E-state index contributed by atoms with van der Waals surface area (Å²) >= 11 is 0. The average Bonchev–Trinajstić information content (AvgIpc) is 3.22. The van der Waals surface area contributed by atoms with Gasteiger partial charge in [0.25, 0.3) is 5.91 Å². The van der Waals surface area contributed by atoms with Crippen molar-refractivity contribution in [3.63, 3.8) is 0 Å². The molecule has 2 aromatic carbocycles. The Balaban J connectivity index is 1.44. The lowest BCUT2D eigenvalue weighted by molar-refractivity contribution is 0.0959. The molecule has 2 fully saturated rings. The van der Waals surface area contributed by atoms with Crippen LogP contribution < -0.4 is 9.47 Å². The molecule has 1 aromatic heterocycles. The molecule has 5 heteroatoms. The first-order chi connectivity index (χ1) is 18.1. The summed E-state index contributed by atoms with van der Waals surface area (Å²) in [6.45, 7) is 4.32. The van der Waals surface area contributed by atoms with E-state index < -0.39 is 0 Å². The number of hydrogen-bond acceptors (Lipinski definition) is 4. The van der Waals surface area contributed by atoms with Crippen molar-refractivity contribution in [2.45, 2.75) is 77.2 Å². The first-order valence-corrected chi connectivity index (χ1v) is 14.2. The molecule has 0 amide bonds. The number of rotatable bonds is 8. The van der Waals surface area contributed by atoms with Crippen LogP contribution >= 0.6 is 0 Å². The van der Waals surface area contributed by atoms with E-state index in [0.29, 0.717) is 17.4 Å². The number of fused-ring (bicyclic) bond motifs is 1. The molecule has 5 rings (SSSR count). The Morgan fingerprint density at radius 2 is 1.73 bits per heavy atom. The number of methoxy groups -OCH3 is 2. The van der Waals surface area contributed by atoms with E-state index in [-0.39, 0.29) is 5.91 Å². The first-order valence-electron chi connectivity index (χ1n) is 14.2. The van der Waals surface area contributed by atoms with Crippen LogP contribution in [-0.4, -0.2) is 48.7 Å². The summed E-state index contributed by atoms with van der Waals surface area (Å²) in [6, 6.07) is 14.3. The van der Waals surface area contributed by atoms with Crippen molar-refractivity contribution in [1.29, 1.82) is 0 Å². The van der Waals surface area contributed by atoms with Crippen LogP contribution in [0.4, 0.5) is 0 Å². The summed E-state index contributed by atoms with van der Waals surface area (Å²) in [5, 5.41) is 1.11. The van der Waals surface area contributed by atoms with Gasteiger partial charge in [-0.15, -0.1) is 0 Å². The molecule has 2 heterocycles. The van der Waals surface area contributed by atoms with E-state index in [1.807, 2.05) is 41.0 Å². The topological polar surface area (TPSA) is 43.7 Å². The third-order valence-corrected chi connectivity index (χ3v) is 8.81. The summed E-state index contributed by atoms with van der Waals surface area (Å²) in [5.74, 6) is 2.28. The van der Waals surface area contributed by atoms with Crippen LogP contribution in [0.5, 0.6) is 11.5 Å². The minimum absolute atomic E-state index is 0.0514. The number of aromatic nitrogens is 1. The first kappa shape index (κ1) is 25.8. The van der Waals surface area contributed by atoms with Crippen molar-refractivity contribution in [1.82, 2.24) is 9.47 Å². The van der Waals surface area contributed by atoms with Gasteiger partial charge in [-0.3, -0.25) is 9.36 Å². The van der Waals surface area contributed by atoms with Gasteiger partial charge in [-0.1, -0.05) is 50.7 Å². The highest BCUT2D eigenvalue weighted by Gasteiger charge is 2.28. The summed E-state index contributed by atoms with van der Waals surface area (Å²) in [6.07, 6.45) is 13.4. The summed E-state index contributed by atoms with van der Waals surface area (Å²) < 4.78 is 13.0. The van der Waals surface area contributed by atoms with Crippen molar-refractivity contribution in [2.24, 2.45) is 5.92 Å². The van der Waals surface area contributed by atoms with E-state index in [4.69, 9.17) is 9.47 Å². The smallest absolute Gasteiger partial charge is 0.266 e. The maximum absolute atomic E-state index is 13.8. The standard InChI is InChI=1S/C32H42N2O3/c1-23-27(18-20-33-19-10-9-13-25(33)21-24-11-5-4-6-12-24)29-22-26(36-2)16-17-30(29)34(23)32(35)28-14-7-8-15-31(28)37-3/h7-8,14-17,22,24-25H,4-6,9-13,18-21H2,1-3H3. The van der Waals surface area contributed by atoms with Gasteiger partial charge in [0.15, 0.2) is 0 Å². The average molecular weight is 503 g/mol. The lowest BCUT2D eigenvalue weighted by atomic mass is 9.82. The van der Waals surface area contributed by atoms with Gasteiger partial charge in [0.1, 0.15) is 11.5 Å². The van der Waals surface area contributed by atoms with Crippen LogP contribution in [0.2, 0.25) is 0 Å². The molecule has 1 saturated carbocycles. The maximum atomic E-state index is 13.8. The molecule has 37 heavy (non-hydrogen) atoms. The second kappa shape index (κ2) is 11.7. The molecule has 1 aliphatic heterocycles. The molecular formula is C32H42N2O3. The molecule has 0 bridgehead atoms. The van der Waals surface area contributed by atoms with Crippen LogP contribution in [0.25, 0.3) is 10.9 Å². The molecule has 0 N–H and O–H groups in total. The molecule has 1 unspecified atom stereocenters. The van der Waals surface area contributed by atoms with Crippen LogP contribution in [0.1, 0.15) is 79.4 Å². The summed E-state index contributed by atoms with van der Waals surface area (Å²) in [7, 11) is 3.32. The minimum Gasteiger partial charge on any atom is -0.497 e. The predicted molar refractivity (Wildman–Crippen MR) is 150 cm³/mol. The largest absolute Gasteiger partial charge is 0.497 e. The predicted octanol–water partition coefficient (Wildman–Crippen LogP) is 7.02. The van der Waals surface area contributed by atoms with Gasteiger partial charge in [-0.05, 0) is 81.0 Å². The Labute approximate surface area is 221 Å². The van der Waals surface area contributed by atoms with Gasteiger partial charge in [0.05, 0.1) is 25.3 Å². The van der Waals surface area contributed by atoms with Crippen molar-refractivity contribution < 1.29 is 14.3 Å². The van der Waals surface area contributed by atoms with E-state index in [0.717, 1.165) is 41.2 Å². The maximum Gasteiger partial charge on any atom is 0.266 e. The van der Waals surface area contributed by atoms with Gasteiger partial charge >= 0.3 is 0 Å². The van der Waals surface area contributed by atoms with Gasteiger partial charge in [0.2, 0.25) is 0 Å². The zero-order chi connectivity index (χ0) is 25.8. The van der Waals surface area contributed by atoms with Crippen LogP contribution in [-0.2, 0) is 6.42 Å². The number of benzene rings is 2. The molecule has 198 valence electrons. The van der Waals surface area contributed by atoms with E-state index in [1.54, 1.807) is 14.2 Å². The van der Waals surface area contributed by atoms with Gasteiger partial charge in [-0.25, -0.2) is 0 Å². The van der Waals surface area contributed by atoms with Crippen molar-refractivity contribution in [2.75, 3.05) is 27.3 Å². The monoisotopic (exact) mass is 502 g/mol. The lowest BCUT2D eigenvalue weighted by Gasteiger charge is -2.38. The fraction of sp³-hybridized carbons (Fsp3) is 0.531. The van der Waals surface area contributed by atoms with Crippen LogP contribution in [0.15, 0.2) is 42.5 Å². The third-order valence-electron chi connectivity index (χ3n) is 8.81. The van der Waals surface area contributed by atoms with Gasteiger partial charge < -0.3 is 14.4 Å². The molecule has 1 atom stereocenters. The fourth-order valence-corrected chi connectivity index (χ4v) is 6.79. The normalized spacial score (nSPS) is 19.3. The molecular weight excluding hydrogens is 460 g/mol. The zero-order valence-electron chi connectivity index (χ0n) is 22.8. The van der Waals surface area contributed by atoms with Gasteiger partial charge in [0, 0.05) is 23.7 Å². The Morgan fingerprint density at radius 3 is 2.51 bits per heavy atom. The summed E-state index contributed by atoms with van der Waals surface area (Å²) in [4.78, 5) is 16.6. The van der Waals surface area contributed by atoms with Crippen molar-refractivity contribution in [3.8, 4) is 11.5 Å². The molecule has 5 nitrogen and oxygen atoms in total. The van der Waals surface area contributed by atoms with E-state index >= 15 is 0 Å². The molecule has 2 aliphatic rings. The number of hydrogen-bond donors (Lipinski definition) is 0. The number of likely N-dealkylation sites (tertiary alicyclic amines) is 1. The molecule has 3 aromatic rings. The molecule has 0 spiro atoms. The Bertz CT molecular complexity index is 1220. The zero-order valence-corrected chi connectivity index (χ0v) is 22.8. The molecule has 1 saturated heterocycles. The summed E-state index contributed by atoms with van der Waals surface area (Å²) in [5.41, 5.74) is 3.77. The van der Waals surface area contributed by atoms with Crippen LogP contribution in [0.3, 0.4) is 0 Å².